The van der Waals surface area contributed by atoms with Gasteiger partial charge < -0.3 is 29.8 Å². The van der Waals surface area contributed by atoms with Gasteiger partial charge in [0.05, 0.1) is 26.4 Å². The second kappa shape index (κ2) is 17.4. The van der Waals surface area contributed by atoms with Gasteiger partial charge in [0.1, 0.15) is 0 Å². The van der Waals surface area contributed by atoms with E-state index >= 15 is 0 Å². The zero-order valence-corrected chi connectivity index (χ0v) is 11.6. The van der Waals surface area contributed by atoms with E-state index in [9.17, 15) is 0 Å². The van der Waals surface area contributed by atoms with E-state index in [1.54, 1.807) is 0 Å². The summed E-state index contributed by atoms with van der Waals surface area (Å²) in [6, 6.07) is 1.07. The van der Waals surface area contributed by atoms with Crippen molar-refractivity contribution < 1.29 is 24.1 Å². The SMILES string of the molecule is CCC[SiH2]OC(OCCO)OCCO.CN. The summed E-state index contributed by atoms with van der Waals surface area (Å²) in [5.74, 6) is 0. The average molecular weight is 255 g/mol. The van der Waals surface area contributed by atoms with Crippen LogP contribution in [-0.2, 0) is 13.9 Å². The highest BCUT2D eigenvalue weighted by molar-refractivity contribution is 6.26. The molecule has 0 amide bonds. The Kier molecular flexibility index (Phi) is 19.9. The van der Waals surface area contributed by atoms with Crippen LogP contribution < -0.4 is 5.73 Å². The van der Waals surface area contributed by atoms with Crippen LogP contribution in [0, 0.1) is 0 Å². The number of nitrogens with two attached hydrogens (primary N) is 1. The Morgan fingerprint density at radius 3 is 2.00 bits per heavy atom. The molecule has 0 spiro atoms. The van der Waals surface area contributed by atoms with Crippen molar-refractivity contribution in [3.8, 4) is 0 Å². The molecule has 0 aromatic rings. The second-order valence-electron chi connectivity index (χ2n) is 2.70. The minimum absolute atomic E-state index is 0.0579. The van der Waals surface area contributed by atoms with Crippen molar-refractivity contribution in [2.75, 3.05) is 33.5 Å². The van der Waals surface area contributed by atoms with Crippen LogP contribution in [0.3, 0.4) is 0 Å². The van der Waals surface area contributed by atoms with Gasteiger partial charge in [-0.2, -0.15) is 0 Å². The van der Waals surface area contributed by atoms with Crippen molar-refractivity contribution in [3.05, 3.63) is 0 Å². The Bertz CT molecular complexity index is 112. The fraction of sp³-hybridized carbons (Fsp3) is 1.00. The lowest BCUT2D eigenvalue weighted by Gasteiger charge is -2.17. The molecule has 0 fully saturated rings. The first-order valence-electron chi connectivity index (χ1n) is 5.49. The molecule has 0 radical (unpaired) electrons. The predicted molar refractivity (Wildman–Crippen MR) is 64.7 cm³/mol. The molecule has 0 unspecified atom stereocenters. The molecular formula is C9H25NO5Si. The summed E-state index contributed by atoms with van der Waals surface area (Å²) < 4.78 is 15.5. The van der Waals surface area contributed by atoms with Crippen molar-refractivity contribution in [3.63, 3.8) is 0 Å². The number of aliphatic hydroxyl groups is 2. The minimum Gasteiger partial charge on any atom is -0.394 e. The number of hydrogen-bond donors (Lipinski definition) is 3. The normalized spacial score (nSPS) is 10.9. The molecular weight excluding hydrogens is 230 g/mol. The van der Waals surface area contributed by atoms with Gasteiger partial charge in [-0.3, -0.25) is 0 Å². The van der Waals surface area contributed by atoms with Gasteiger partial charge in [0.15, 0.2) is 9.76 Å². The smallest absolute Gasteiger partial charge is 0.261 e. The van der Waals surface area contributed by atoms with Crippen molar-refractivity contribution in [2.24, 2.45) is 5.73 Å². The third kappa shape index (κ3) is 14.0. The lowest BCUT2D eigenvalue weighted by molar-refractivity contribution is -0.252. The summed E-state index contributed by atoms with van der Waals surface area (Å²) in [4.78, 5) is 0. The first-order valence-corrected chi connectivity index (χ1v) is 7.07. The van der Waals surface area contributed by atoms with Crippen molar-refractivity contribution in [2.45, 2.75) is 25.9 Å². The third-order valence-corrected chi connectivity index (χ3v) is 2.95. The van der Waals surface area contributed by atoms with Crippen LogP contribution in [0.4, 0.5) is 0 Å². The Morgan fingerprint density at radius 1 is 1.12 bits per heavy atom. The van der Waals surface area contributed by atoms with E-state index in [2.05, 4.69) is 12.7 Å². The molecule has 0 saturated carbocycles. The molecule has 0 aromatic carbocycles. The van der Waals surface area contributed by atoms with E-state index in [4.69, 9.17) is 24.1 Å². The quantitative estimate of drug-likeness (QED) is 0.258. The molecule has 0 aromatic heterocycles. The fourth-order valence-corrected chi connectivity index (χ4v) is 1.61. The van der Waals surface area contributed by atoms with Gasteiger partial charge in [0.25, 0.3) is 6.48 Å². The molecule has 0 heterocycles. The van der Waals surface area contributed by atoms with E-state index in [1.807, 2.05) is 0 Å². The molecule has 0 aliphatic carbocycles. The minimum atomic E-state index is -0.715. The molecule has 100 valence electrons. The molecule has 0 atom stereocenters. The van der Waals surface area contributed by atoms with Crippen LogP contribution in [0.15, 0.2) is 0 Å². The van der Waals surface area contributed by atoms with Crippen LogP contribution in [-0.4, -0.2) is 59.9 Å². The highest BCUT2D eigenvalue weighted by Gasteiger charge is 2.08. The van der Waals surface area contributed by atoms with Gasteiger partial charge >= 0.3 is 0 Å². The summed E-state index contributed by atoms with van der Waals surface area (Å²) in [6.07, 6.45) is 1.10. The molecule has 7 heteroatoms. The zero-order chi connectivity index (χ0) is 12.6. The van der Waals surface area contributed by atoms with Gasteiger partial charge in [-0.25, -0.2) is 0 Å². The summed E-state index contributed by atoms with van der Waals surface area (Å²) in [5, 5.41) is 17.1. The van der Waals surface area contributed by atoms with Crippen molar-refractivity contribution in [1.29, 1.82) is 0 Å². The summed E-state index contributed by atoms with van der Waals surface area (Å²) in [7, 11) is 0.895. The number of hydrogen-bond acceptors (Lipinski definition) is 6. The highest BCUT2D eigenvalue weighted by atomic mass is 28.2. The van der Waals surface area contributed by atoms with Crippen LogP contribution in [0.1, 0.15) is 13.3 Å². The number of aliphatic hydroxyl groups excluding tert-OH is 2. The summed E-state index contributed by atoms with van der Waals surface area (Å²) in [5.41, 5.74) is 4.50. The van der Waals surface area contributed by atoms with E-state index < -0.39 is 16.2 Å². The summed E-state index contributed by atoms with van der Waals surface area (Å²) >= 11 is 0. The molecule has 0 aliphatic rings. The van der Waals surface area contributed by atoms with Crippen LogP contribution >= 0.6 is 0 Å². The van der Waals surface area contributed by atoms with Gasteiger partial charge in [0.2, 0.25) is 0 Å². The number of ether oxygens (including phenoxy) is 2. The first kappa shape index (κ1) is 18.3. The van der Waals surface area contributed by atoms with Gasteiger partial charge in [0, 0.05) is 0 Å². The van der Waals surface area contributed by atoms with E-state index in [0.717, 1.165) is 12.5 Å². The third-order valence-electron chi connectivity index (χ3n) is 1.44. The van der Waals surface area contributed by atoms with E-state index in [1.165, 1.54) is 7.05 Å². The second-order valence-corrected chi connectivity index (χ2v) is 4.15. The maximum absolute atomic E-state index is 8.54. The Morgan fingerprint density at radius 2 is 1.62 bits per heavy atom. The molecule has 16 heavy (non-hydrogen) atoms. The average Bonchev–Trinajstić information content (AvgIpc) is 2.34. The molecule has 4 N–H and O–H groups in total. The molecule has 0 saturated heterocycles. The van der Waals surface area contributed by atoms with Gasteiger partial charge in [-0.05, 0) is 13.1 Å². The largest absolute Gasteiger partial charge is 0.394 e. The Hall–Kier alpha value is -0.0231. The lowest BCUT2D eigenvalue weighted by atomic mass is 10.6. The zero-order valence-electron chi connectivity index (χ0n) is 10.2. The first-order chi connectivity index (χ1) is 7.85. The molecule has 0 rings (SSSR count). The van der Waals surface area contributed by atoms with Gasteiger partial charge in [-0.1, -0.05) is 13.3 Å². The van der Waals surface area contributed by atoms with Crippen LogP contribution in [0.5, 0.6) is 0 Å². The topological polar surface area (TPSA) is 94.2 Å². The van der Waals surface area contributed by atoms with E-state index in [-0.39, 0.29) is 26.4 Å². The van der Waals surface area contributed by atoms with Crippen molar-refractivity contribution in [1.82, 2.24) is 0 Å². The monoisotopic (exact) mass is 255 g/mol. The van der Waals surface area contributed by atoms with Crippen molar-refractivity contribution >= 4 is 9.76 Å². The molecule has 0 aliphatic heterocycles. The summed E-state index contributed by atoms with van der Waals surface area (Å²) in [6.45, 7) is 1.64. The Labute approximate surface area is 99.6 Å². The molecule has 0 bridgehead atoms. The number of rotatable bonds is 10. The predicted octanol–water partition coefficient (Wildman–Crippen LogP) is -1.21. The molecule has 6 nitrogen and oxygen atoms in total. The lowest BCUT2D eigenvalue weighted by Crippen LogP contribution is -2.25. The Balaban J connectivity index is 0. The van der Waals surface area contributed by atoms with Gasteiger partial charge in [-0.15, -0.1) is 0 Å². The van der Waals surface area contributed by atoms with E-state index in [0.29, 0.717) is 0 Å². The van der Waals surface area contributed by atoms with Crippen LogP contribution in [0.2, 0.25) is 6.04 Å². The fourth-order valence-electron chi connectivity index (χ4n) is 0.766. The standard InChI is InChI=1S/C8H20O5Si.CH5N/c1-2-7-14-13-8(11-5-3-9)12-6-4-10;1-2/h8-10H,2-7,14H2,1H3;2H2,1H3. The maximum atomic E-state index is 8.54. The highest BCUT2D eigenvalue weighted by Crippen LogP contribution is 1.98. The maximum Gasteiger partial charge on any atom is 0.261 e. The van der Waals surface area contributed by atoms with Crippen LogP contribution in [0.25, 0.3) is 0 Å².